The zero-order chi connectivity index (χ0) is 15.4. The summed E-state index contributed by atoms with van der Waals surface area (Å²) in [4.78, 5) is 23.6. The highest BCUT2D eigenvalue weighted by Gasteiger charge is 2.28. The molecule has 0 bridgehead atoms. The molecular formula is C14H17BrN2O4. The van der Waals surface area contributed by atoms with Gasteiger partial charge in [-0.1, -0.05) is 0 Å². The van der Waals surface area contributed by atoms with Crippen LogP contribution >= 0.6 is 15.9 Å². The van der Waals surface area contributed by atoms with Crippen LogP contribution in [0.3, 0.4) is 0 Å². The monoisotopic (exact) mass is 356 g/mol. The minimum Gasteiger partial charge on any atom is -0.462 e. The molecular weight excluding hydrogens is 340 g/mol. The second kappa shape index (κ2) is 7.02. The van der Waals surface area contributed by atoms with Gasteiger partial charge in [-0.15, -0.1) is 0 Å². The maximum atomic E-state index is 12.0. The highest BCUT2D eigenvalue weighted by atomic mass is 79.9. The molecule has 2 unspecified atom stereocenters. The largest absolute Gasteiger partial charge is 0.462 e. The van der Waals surface area contributed by atoms with E-state index in [0.29, 0.717) is 35.3 Å². The number of ether oxygens (including phenoxy) is 1. The fourth-order valence-electron chi connectivity index (χ4n) is 2.09. The van der Waals surface area contributed by atoms with E-state index in [0.717, 1.165) is 0 Å². The highest BCUT2D eigenvalue weighted by molar-refractivity contribution is 9.10. The topological polar surface area (TPSA) is 87.7 Å². The molecule has 0 radical (unpaired) electrons. The number of aliphatic hydroxyl groups excluding tert-OH is 1. The van der Waals surface area contributed by atoms with Crippen LogP contribution in [-0.2, 0) is 9.53 Å². The van der Waals surface area contributed by atoms with Crippen molar-refractivity contribution in [3.05, 3.63) is 28.2 Å². The molecule has 1 aliphatic heterocycles. The van der Waals surface area contributed by atoms with Gasteiger partial charge in [-0.05, 0) is 47.5 Å². The van der Waals surface area contributed by atoms with E-state index in [1.165, 1.54) is 0 Å². The van der Waals surface area contributed by atoms with Crippen molar-refractivity contribution in [2.45, 2.75) is 25.5 Å². The maximum absolute atomic E-state index is 12.0. The molecule has 7 heteroatoms. The Bertz CT molecular complexity index is 550. The van der Waals surface area contributed by atoms with Crippen molar-refractivity contribution in [2.75, 3.05) is 18.5 Å². The normalized spacial score (nSPS) is 21.1. The Morgan fingerprint density at radius 3 is 2.86 bits per heavy atom. The first-order valence-electron chi connectivity index (χ1n) is 6.70. The van der Waals surface area contributed by atoms with Gasteiger partial charge in [-0.2, -0.15) is 0 Å². The summed E-state index contributed by atoms with van der Waals surface area (Å²) in [5, 5.41) is 15.1. The average Bonchev–Trinajstić information content (AvgIpc) is 2.88. The Hall–Kier alpha value is -1.44. The van der Waals surface area contributed by atoms with Crippen LogP contribution in [0.25, 0.3) is 0 Å². The molecule has 1 heterocycles. The first-order valence-corrected chi connectivity index (χ1v) is 7.49. The summed E-state index contributed by atoms with van der Waals surface area (Å²) in [6.45, 7) is 2.47. The number of rotatable bonds is 4. The van der Waals surface area contributed by atoms with Crippen molar-refractivity contribution in [3.63, 3.8) is 0 Å². The summed E-state index contributed by atoms with van der Waals surface area (Å²) in [5.41, 5.74) is 0.979. The molecule has 6 nitrogen and oxygen atoms in total. The molecule has 1 amide bonds. The van der Waals surface area contributed by atoms with E-state index in [1.807, 2.05) is 0 Å². The van der Waals surface area contributed by atoms with E-state index in [2.05, 4.69) is 26.6 Å². The quantitative estimate of drug-likeness (QED) is 0.707. The zero-order valence-electron chi connectivity index (χ0n) is 11.6. The van der Waals surface area contributed by atoms with Gasteiger partial charge >= 0.3 is 5.97 Å². The van der Waals surface area contributed by atoms with Crippen LogP contribution in [0, 0.1) is 0 Å². The van der Waals surface area contributed by atoms with Gasteiger partial charge in [0.1, 0.15) is 0 Å². The van der Waals surface area contributed by atoms with Crippen molar-refractivity contribution in [1.82, 2.24) is 5.32 Å². The van der Waals surface area contributed by atoms with E-state index in [4.69, 9.17) is 4.74 Å². The van der Waals surface area contributed by atoms with Crippen LogP contribution < -0.4 is 10.6 Å². The number of anilines is 1. The lowest BCUT2D eigenvalue weighted by Crippen LogP contribution is -2.35. The summed E-state index contributed by atoms with van der Waals surface area (Å²) in [5.74, 6) is -0.618. The van der Waals surface area contributed by atoms with Crippen molar-refractivity contribution in [2.24, 2.45) is 0 Å². The molecule has 0 saturated carbocycles. The van der Waals surface area contributed by atoms with E-state index in [1.54, 1.807) is 25.1 Å². The molecule has 0 spiro atoms. The van der Waals surface area contributed by atoms with Gasteiger partial charge in [0.2, 0.25) is 5.91 Å². The Kier molecular flexibility index (Phi) is 5.33. The Labute approximate surface area is 131 Å². The number of amides is 1. The van der Waals surface area contributed by atoms with Gasteiger partial charge in [-0.3, -0.25) is 4.79 Å². The van der Waals surface area contributed by atoms with E-state index < -0.39 is 18.1 Å². The van der Waals surface area contributed by atoms with Crippen LogP contribution in [0.1, 0.15) is 23.7 Å². The Balaban J connectivity index is 2.04. The molecule has 0 aliphatic carbocycles. The molecule has 21 heavy (non-hydrogen) atoms. The summed E-state index contributed by atoms with van der Waals surface area (Å²) in [7, 11) is 0. The van der Waals surface area contributed by atoms with Gasteiger partial charge < -0.3 is 20.5 Å². The van der Waals surface area contributed by atoms with Gasteiger partial charge in [0.15, 0.2) is 0 Å². The van der Waals surface area contributed by atoms with E-state index >= 15 is 0 Å². The number of aliphatic hydroxyl groups is 1. The fourth-order valence-corrected chi connectivity index (χ4v) is 2.57. The van der Waals surface area contributed by atoms with Crippen molar-refractivity contribution in [3.8, 4) is 0 Å². The second-order valence-corrected chi connectivity index (χ2v) is 5.61. The molecule has 1 aromatic carbocycles. The van der Waals surface area contributed by atoms with Crippen LogP contribution in [0.4, 0.5) is 5.69 Å². The van der Waals surface area contributed by atoms with Gasteiger partial charge in [-0.25, -0.2) is 4.79 Å². The van der Waals surface area contributed by atoms with Crippen molar-refractivity contribution in [1.29, 1.82) is 0 Å². The number of esters is 1. The summed E-state index contributed by atoms with van der Waals surface area (Å²) < 4.78 is 5.51. The van der Waals surface area contributed by atoms with Gasteiger partial charge in [0.25, 0.3) is 0 Å². The summed E-state index contributed by atoms with van der Waals surface area (Å²) in [6.07, 6.45) is -0.0972. The fraction of sp³-hybridized carbons (Fsp3) is 0.429. The number of hydrogen-bond donors (Lipinski definition) is 3. The molecule has 2 atom stereocenters. The maximum Gasteiger partial charge on any atom is 0.338 e. The molecule has 1 fully saturated rings. The van der Waals surface area contributed by atoms with Crippen molar-refractivity contribution < 1.29 is 19.4 Å². The number of hydrogen-bond acceptors (Lipinski definition) is 5. The molecule has 114 valence electrons. The third-order valence-electron chi connectivity index (χ3n) is 3.16. The average molecular weight is 357 g/mol. The standard InChI is InChI=1S/C14H17BrN2O4/c1-2-21-14(20)8-3-4-11(10(15)5-8)17-13(19)12-6-9(18)7-16-12/h3-5,9,12,16,18H,2,6-7H2,1H3,(H,17,19). The van der Waals surface area contributed by atoms with E-state index in [-0.39, 0.29) is 5.91 Å². The lowest BCUT2D eigenvalue weighted by atomic mass is 10.1. The Morgan fingerprint density at radius 1 is 1.52 bits per heavy atom. The predicted molar refractivity (Wildman–Crippen MR) is 81.1 cm³/mol. The van der Waals surface area contributed by atoms with Gasteiger partial charge in [0, 0.05) is 11.0 Å². The minimum absolute atomic E-state index is 0.212. The van der Waals surface area contributed by atoms with Gasteiger partial charge in [0.05, 0.1) is 30.0 Å². The number of benzene rings is 1. The van der Waals surface area contributed by atoms with Crippen LogP contribution in [0.2, 0.25) is 0 Å². The smallest absolute Gasteiger partial charge is 0.338 e. The molecule has 0 aromatic heterocycles. The molecule has 2 rings (SSSR count). The third kappa shape index (κ3) is 4.03. The molecule has 1 saturated heterocycles. The number of halogens is 1. The number of nitrogens with one attached hydrogen (secondary N) is 2. The summed E-state index contributed by atoms with van der Waals surface area (Å²) >= 11 is 3.32. The number of β-amino-alcohol motifs (C(OH)–C–C–N with tert-alkyl or cyclic N) is 1. The van der Waals surface area contributed by atoms with Crippen LogP contribution in [0.15, 0.2) is 22.7 Å². The lowest BCUT2D eigenvalue weighted by molar-refractivity contribution is -0.117. The van der Waals surface area contributed by atoms with Crippen LogP contribution in [-0.4, -0.2) is 42.3 Å². The second-order valence-electron chi connectivity index (χ2n) is 4.75. The minimum atomic E-state index is -0.490. The first kappa shape index (κ1) is 15.9. The number of carbonyl (C=O) groups excluding carboxylic acids is 2. The van der Waals surface area contributed by atoms with Crippen LogP contribution in [0.5, 0.6) is 0 Å². The first-order chi connectivity index (χ1) is 10.0. The highest BCUT2D eigenvalue weighted by Crippen LogP contribution is 2.24. The summed E-state index contributed by atoms with van der Waals surface area (Å²) in [6, 6.07) is 4.43. The Morgan fingerprint density at radius 2 is 2.29 bits per heavy atom. The predicted octanol–water partition coefficient (Wildman–Crippen LogP) is 1.29. The molecule has 3 N–H and O–H groups in total. The zero-order valence-corrected chi connectivity index (χ0v) is 13.1. The SMILES string of the molecule is CCOC(=O)c1ccc(NC(=O)C2CC(O)CN2)c(Br)c1. The molecule has 1 aromatic rings. The number of carbonyl (C=O) groups is 2. The van der Waals surface area contributed by atoms with Crippen molar-refractivity contribution >= 4 is 33.5 Å². The molecule has 1 aliphatic rings. The van der Waals surface area contributed by atoms with E-state index in [9.17, 15) is 14.7 Å². The third-order valence-corrected chi connectivity index (χ3v) is 3.82. The lowest BCUT2D eigenvalue weighted by Gasteiger charge is -2.13.